The van der Waals surface area contributed by atoms with E-state index in [2.05, 4.69) is 0 Å². The maximum Gasteiger partial charge on any atom is 0.170 e. The van der Waals surface area contributed by atoms with E-state index >= 15 is 0 Å². The van der Waals surface area contributed by atoms with E-state index in [1.54, 1.807) is 6.07 Å². The number of rotatable bonds is 2. The number of carbonyl (C=O) groups excluding carboxylic acids is 1. The molecule has 0 spiro atoms. The van der Waals surface area contributed by atoms with E-state index in [4.69, 9.17) is 9.47 Å². The van der Waals surface area contributed by atoms with E-state index in [0.29, 0.717) is 25.0 Å². The van der Waals surface area contributed by atoms with Crippen molar-refractivity contribution < 1.29 is 18.7 Å². The summed E-state index contributed by atoms with van der Waals surface area (Å²) in [6.45, 7) is 4.22. The van der Waals surface area contributed by atoms with Crippen molar-refractivity contribution >= 4 is 5.78 Å². The van der Waals surface area contributed by atoms with Gasteiger partial charge in [0, 0.05) is 5.56 Å². The molecule has 1 aliphatic carbocycles. The molecule has 0 bridgehead atoms. The monoisotopic (exact) mass is 340 g/mol. The number of benzene rings is 2. The van der Waals surface area contributed by atoms with Crippen LogP contribution in [0.4, 0.5) is 4.39 Å². The summed E-state index contributed by atoms with van der Waals surface area (Å²) in [6, 6.07) is 12.5. The Morgan fingerprint density at radius 2 is 1.96 bits per heavy atom. The Balaban J connectivity index is 1.74. The van der Waals surface area contributed by atoms with E-state index in [0.717, 1.165) is 16.7 Å². The van der Waals surface area contributed by atoms with Crippen LogP contribution in [0.2, 0.25) is 0 Å². The molecule has 0 N–H and O–H groups in total. The minimum Gasteiger partial charge on any atom is -0.348 e. The van der Waals surface area contributed by atoms with Crippen molar-refractivity contribution in [2.24, 2.45) is 0 Å². The fourth-order valence-electron chi connectivity index (χ4n) is 3.88. The van der Waals surface area contributed by atoms with Gasteiger partial charge in [-0.05, 0) is 55.5 Å². The van der Waals surface area contributed by atoms with E-state index in [1.807, 2.05) is 38.1 Å². The van der Waals surface area contributed by atoms with Crippen molar-refractivity contribution in [3.8, 4) is 0 Å². The molecule has 0 radical (unpaired) electrons. The number of halogens is 1. The Kier molecular flexibility index (Phi) is 3.97. The summed E-state index contributed by atoms with van der Waals surface area (Å²) >= 11 is 0. The van der Waals surface area contributed by atoms with Gasteiger partial charge in [0.25, 0.3) is 0 Å². The van der Waals surface area contributed by atoms with Crippen LogP contribution < -0.4 is 0 Å². The van der Waals surface area contributed by atoms with Gasteiger partial charge >= 0.3 is 0 Å². The SMILES string of the molecule is CC1(C)OC[C@H](CC2C(=O)c3cc(F)ccc3Cc3ccccc32)O1. The second-order valence-corrected chi connectivity index (χ2v) is 7.28. The lowest BCUT2D eigenvalue weighted by molar-refractivity contribution is -0.139. The Morgan fingerprint density at radius 1 is 1.16 bits per heavy atom. The van der Waals surface area contributed by atoms with Gasteiger partial charge in [-0.15, -0.1) is 0 Å². The number of ketones is 1. The first kappa shape index (κ1) is 16.4. The van der Waals surface area contributed by atoms with Gasteiger partial charge in [0.05, 0.1) is 18.6 Å². The van der Waals surface area contributed by atoms with Gasteiger partial charge < -0.3 is 9.47 Å². The van der Waals surface area contributed by atoms with Crippen LogP contribution in [-0.4, -0.2) is 24.3 Å². The average Bonchev–Trinajstić information content (AvgIpc) is 2.87. The van der Waals surface area contributed by atoms with Crippen molar-refractivity contribution in [1.82, 2.24) is 0 Å². The topological polar surface area (TPSA) is 35.5 Å². The Labute approximate surface area is 146 Å². The van der Waals surface area contributed by atoms with Crippen LogP contribution in [0, 0.1) is 5.82 Å². The molecule has 2 aromatic rings. The molecule has 3 nitrogen and oxygen atoms in total. The molecule has 2 atom stereocenters. The van der Waals surface area contributed by atoms with E-state index in [9.17, 15) is 9.18 Å². The molecule has 1 aliphatic heterocycles. The fraction of sp³-hybridized carbons (Fsp3) is 0.381. The highest BCUT2D eigenvalue weighted by Gasteiger charge is 2.38. The number of hydrogen-bond acceptors (Lipinski definition) is 3. The smallest absolute Gasteiger partial charge is 0.170 e. The lowest BCUT2D eigenvalue weighted by Crippen LogP contribution is -2.24. The lowest BCUT2D eigenvalue weighted by atomic mass is 9.86. The minimum absolute atomic E-state index is 0.0345. The van der Waals surface area contributed by atoms with Gasteiger partial charge in [0.1, 0.15) is 5.82 Å². The molecule has 1 unspecified atom stereocenters. The zero-order valence-electron chi connectivity index (χ0n) is 14.4. The number of carbonyl (C=O) groups is 1. The van der Waals surface area contributed by atoms with Crippen LogP contribution in [-0.2, 0) is 15.9 Å². The van der Waals surface area contributed by atoms with Crippen molar-refractivity contribution in [1.29, 1.82) is 0 Å². The predicted octanol–water partition coefficient (Wildman–Crippen LogP) is 4.24. The summed E-state index contributed by atoms with van der Waals surface area (Å²) in [5.41, 5.74) is 3.49. The van der Waals surface area contributed by atoms with Crippen molar-refractivity contribution in [3.05, 3.63) is 70.5 Å². The van der Waals surface area contributed by atoms with E-state index in [-0.39, 0.29) is 23.6 Å². The highest BCUT2D eigenvalue weighted by molar-refractivity contribution is 6.03. The molecule has 1 heterocycles. The standard InChI is InChI=1S/C21H21FO3/c1-21(2)24-12-16(25-21)11-19-17-6-4-3-5-13(17)9-14-7-8-15(22)10-18(14)20(19)23/h3-8,10,16,19H,9,11-12H2,1-2H3/t16-,19?/m0/s1. The maximum absolute atomic E-state index is 13.8. The van der Waals surface area contributed by atoms with Crippen LogP contribution in [0.25, 0.3) is 0 Å². The molecule has 1 fully saturated rings. The van der Waals surface area contributed by atoms with Gasteiger partial charge in [-0.2, -0.15) is 0 Å². The third kappa shape index (κ3) is 3.12. The van der Waals surface area contributed by atoms with Gasteiger partial charge in [-0.3, -0.25) is 4.79 Å². The largest absolute Gasteiger partial charge is 0.348 e. The number of fused-ring (bicyclic) bond motifs is 2. The maximum atomic E-state index is 13.8. The molecule has 2 aromatic carbocycles. The van der Waals surface area contributed by atoms with Gasteiger partial charge in [-0.1, -0.05) is 30.3 Å². The van der Waals surface area contributed by atoms with Crippen LogP contribution >= 0.6 is 0 Å². The first-order chi connectivity index (χ1) is 11.9. The average molecular weight is 340 g/mol. The summed E-state index contributed by atoms with van der Waals surface area (Å²) in [4.78, 5) is 13.2. The first-order valence-electron chi connectivity index (χ1n) is 8.65. The second-order valence-electron chi connectivity index (χ2n) is 7.28. The fourth-order valence-corrected chi connectivity index (χ4v) is 3.88. The molecule has 25 heavy (non-hydrogen) atoms. The second kappa shape index (κ2) is 6.04. The number of ether oxygens (including phenoxy) is 2. The van der Waals surface area contributed by atoms with Crippen LogP contribution in [0.5, 0.6) is 0 Å². The van der Waals surface area contributed by atoms with Crippen molar-refractivity contribution in [2.45, 2.75) is 44.5 Å². The quantitative estimate of drug-likeness (QED) is 0.820. The molecule has 0 amide bonds. The lowest BCUT2D eigenvalue weighted by Gasteiger charge is -2.21. The summed E-state index contributed by atoms with van der Waals surface area (Å²) in [7, 11) is 0. The molecule has 0 aromatic heterocycles. The molecular formula is C21H21FO3. The Morgan fingerprint density at radius 3 is 2.72 bits per heavy atom. The molecule has 4 rings (SSSR count). The first-order valence-corrected chi connectivity index (χ1v) is 8.65. The molecule has 1 saturated heterocycles. The van der Waals surface area contributed by atoms with Crippen LogP contribution in [0.3, 0.4) is 0 Å². The highest BCUT2D eigenvalue weighted by Crippen LogP contribution is 2.37. The molecule has 4 heteroatoms. The number of hydrogen-bond donors (Lipinski definition) is 0. The summed E-state index contributed by atoms with van der Waals surface area (Å²) in [6.07, 6.45) is 1.03. The number of Topliss-reactive ketones (excluding diaryl/α,β-unsaturated/α-hetero) is 1. The highest BCUT2D eigenvalue weighted by atomic mass is 19.1. The molecule has 0 saturated carbocycles. The van der Waals surface area contributed by atoms with Gasteiger partial charge in [0.2, 0.25) is 0 Å². The molecular weight excluding hydrogens is 319 g/mol. The third-order valence-corrected chi connectivity index (χ3v) is 5.03. The summed E-state index contributed by atoms with van der Waals surface area (Å²) in [5.74, 6) is -1.38. The predicted molar refractivity (Wildman–Crippen MR) is 92.2 cm³/mol. The zero-order valence-corrected chi connectivity index (χ0v) is 14.4. The Bertz CT molecular complexity index is 828. The van der Waals surface area contributed by atoms with E-state index < -0.39 is 5.79 Å². The van der Waals surface area contributed by atoms with Gasteiger partial charge in [-0.25, -0.2) is 4.39 Å². The van der Waals surface area contributed by atoms with E-state index in [1.165, 1.54) is 12.1 Å². The van der Waals surface area contributed by atoms with Crippen LogP contribution in [0.1, 0.15) is 53.2 Å². The normalized spacial score (nSPS) is 24.5. The van der Waals surface area contributed by atoms with Crippen LogP contribution in [0.15, 0.2) is 42.5 Å². The third-order valence-electron chi connectivity index (χ3n) is 5.03. The van der Waals surface area contributed by atoms with Gasteiger partial charge in [0.15, 0.2) is 11.6 Å². The Hall–Kier alpha value is -2.04. The van der Waals surface area contributed by atoms with Crippen molar-refractivity contribution in [3.63, 3.8) is 0 Å². The summed E-state index contributed by atoms with van der Waals surface area (Å²) in [5, 5.41) is 0. The summed E-state index contributed by atoms with van der Waals surface area (Å²) < 4.78 is 25.3. The minimum atomic E-state index is -0.623. The van der Waals surface area contributed by atoms with Crippen molar-refractivity contribution in [2.75, 3.05) is 6.61 Å². The molecule has 130 valence electrons. The zero-order chi connectivity index (χ0) is 17.6. The molecule has 2 aliphatic rings.